The SMILES string of the molecule is CC1CCC(C(=O)N(CCO)C2CCCC2)CC1. The first kappa shape index (κ1) is 13.9. The molecule has 0 saturated heterocycles. The van der Waals surface area contributed by atoms with Crippen molar-refractivity contribution in [1.82, 2.24) is 4.90 Å². The van der Waals surface area contributed by atoms with E-state index in [1.54, 1.807) is 0 Å². The van der Waals surface area contributed by atoms with Crippen molar-refractivity contribution in [3.63, 3.8) is 0 Å². The second-order valence-corrected chi connectivity index (χ2v) is 6.15. The molecule has 3 nitrogen and oxygen atoms in total. The van der Waals surface area contributed by atoms with Crippen molar-refractivity contribution >= 4 is 5.91 Å². The molecule has 104 valence electrons. The molecule has 0 radical (unpaired) electrons. The van der Waals surface area contributed by atoms with Crippen LogP contribution in [0, 0.1) is 11.8 Å². The Morgan fingerprint density at radius 1 is 1.11 bits per heavy atom. The quantitative estimate of drug-likeness (QED) is 0.836. The topological polar surface area (TPSA) is 40.5 Å². The highest BCUT2D eigenvalue weighted by atomic mass is 16.3. The van der Waals surface area contributed by atoms with Gasteiger partial charge in [0, 0.05) is 18.5 Å². The molecule has 0 spiro atoms. The molecule has 0 bridgehead atoms. The number of amides is 1. The number of carbonyl (C=O) groups is 1. The minimum absolute atomic E-state index is 0.103. The van der Waals surface area contributed by atoms with Crippen LogP contribution in [0.25, 0.3) is 0 Å². The fraction of sp³-hybridized carbons (Fsp3) is 0.933. The molecule has 0 unspecified atom stereocenters. The Balaban J connectivity index is 1.94. The van der Waals surface area contributed by atoms with Crippen LogP contribution in [-0.2, 0) is 4.79 Å². The number of carbonyl (C=O) groups excluding carboxylic acids is 1. The average molecular weight is 253 g/mol. The molecular weight excluding hydrogens is 226 g/mol. The van der Waals surface area contributed by atoms with Crippen molar-refractivity contribution in [2.75, 3.05) is 13.2 Å². The lowest BCUT2D eigenvalue weighted by Crippen LogP contribution is -2.44. The van der Waals surface area contributed by atoms with Gasteiger partial charge < -0.3 is 10.0 Å². The first-order chi connectivity index (χ1) is 8.72. The molecule has 0 heterocycles. The number of aliphatic hydroxyl groups is 1. The third-order valence-electron chi connectivity index (χ3n) is 4.75. The van der Waals surface area contributed by atoms with Crippen molar-refractivity contribution in [1.29, 1.82) is 0 Å². The predicted octanol–water partition coefficient (Wildman–Crippen LogP) is 2.58. The van der Waals surface area contributed by atoms with Crippen molar-refractivity contribution in [3.8, 4) is 0 Å². The van der Waals surface area contributed by atoms with Gasteiger partial charge in [-0.3, -0.25) is 4.79 Å². The van der Waals surface area contributed by atoms with Crippen molar-refractivity contribution in [2.24, 2.45) is 11.8 Å². The average Bonchev–Trinajstić information content (AvgIpc) is 2.90. The summed E-state index contributed by atoms with van der Waals surface area (Å²) in [7, 11) is 0. The van der Waals surface area contributed by atoms with Crippen molar-refractivity contribution < 1.29 is 9.90 Å². The summed E-state index contributed by atoms with van der Waals surface area (Å²) in [5.74, 6) is 1.34. The van der Waals surface area contributed by atoms with Gasteiger partial charge in [0.25, 0.3) is 0 Å². The Kier molecular flexibility index (Phi) is 5.04. The van der Waals surface area contributed by atoms with Gasteiger partial charge >= 0.3 is 0 Å². The second kappa shape index (κ2) is 6.55. The van der Waals surface area contributed by atoms with E-state index >= 15 is 0 Å². The summed E-state index contributed by atoms with van der Waals surface area (Å²) >= 11 is 0. The van der Waals surface area contributed by atoms with Crippen LogP contribution in [0.1, 0.15) is 58.3 Å². The zero-order chi connectivity index (χ0) is 13.0. The Labute approximate surface area is 111 Å². The van der Waals surface area contributed by atoms with Crippen LogP contribution in [0.2, 0.25) is 0 Å². The summed E-state index contributed by atoms with van der Waals surface area (Å²) in [6.45, 7) is 2.92. The van der Waals surface area contributed by atoms with Crippen LogP contribution in [0.15, 0.2) is 0 Å². The van der Waals surface area contributed by atoms with E-state index in [1.807, 2.05) is 4.90 Å². The van der Waals surface area contributed by atoms with Gasteiger partial charge in [-0.1, -0.05) is 19.8 Å². The smallest absolute Gasteiger partial charge is 0.226 e. The van der Waals surface area contributed by atoms with Gasteiger partial charge in [-0.2, -0.15) is 0 Å². The van der Waals surface area contributed by atoms with Crippen LogP contribution < -0.4 is 0 Å². The van der Waals surface area contributed by atoms with Crippen LogP contribution in [0.5, 0.6) is 0 Å². The van der Waals surface area contributed by atoms with E-state index in [-0.39, 0.29) is 12.5 Å². The molecule has 0 atom stereocenters. The number of hydrogen-bond acceptors (Lipinski definition) is 2. The number of nitrogens with zero attached hydrogens (tertiary/aromatic N) is 1. The summed E-state index contributed by atoms with van der Waals surface area (Å²) < 4.78 is 0. The molecule has 2 fully saturated rings. The van der Waals surface area contributed by atoms with Crippen LogP contribution >= 0.6 is 0 Å². The Bertz CT molecular complexity index is 266. The van der Waals surface area contributed by atoms with Gasteiger partial charge in [0.2, 0.25) is 5.91 Å². The summed E-state index contributed by atoms with van der Waals surface area (Å²) in [6, 6.07) is 0.406. The third kappa shape index (κ3) is 3.25. The molecule has 2 rings (SSSR count). The van der Waals surface area contributed by atoms with Gasteiger partial charge in [-0.05, 0) is 44.4 Å². The van der Waals surface area contributed by atoms with E-state index in [4.69, 9.17) is 0 Å². The summed E-state index contributed by atoms with van der Waals surface area (Å²) in [5.41, 5.74) is 0. The zero-order valence-electron chi connectivity index (χ0n) is 11.6. The molecule has 0 aliphatic heterocycles. The molecule has 2 aliphatic rings. The molecular formula is C15H27NO2. The Morgan fingerprint density at radius 2 is 1.72 bits per heavy atom. The molecule has 0 aromatic carbocycles. The molecule has 18 heavy (non-hydrogen) atoms. The Hall–Kier alpha value is -0.570. The molecule has 0 aromatic rings. The fourth-order valence-electron chi connectivity index (χ4n) is 3.54. The van der Waals surface area contributed by atoms with E-state index in [1.165, 1.54) is 25.7 Å². The van der Waals surface area contributed by atoms with Gasteiger partial charge in [0.15, 0.2) is 0 Å². The number of aliphatic hydroxyl groups excluding tert-OH is 1. The molecule has 3 heteroatoms. The standard InChI is InChI=1S/C15H27NO2/c1-12-6-8-13(9-7-12)15(18)16(10-11-17)14-4-2-3-5-14/h12-14,17H,2-11H2,1H3. The normalized spacial score (nSPS) is 29.4. The minimum atomic E-state index is 0.103. The summed E-state index contributed by atoms with van der Waals surface area (Å²) in [4.78, 5) is 14.6. The van der Waals surface area contributed by atoms with Crippen molar-refractivity contribution in [3.05, 3.63) is 0 Å². The number of hydrogen-bond donors (Lipinski definition) is 1. The fourth-order valence-corrected chi connectivity index (χ4v) is 3.54. The van der Waals surface area contributed by atoms with Crippen LogP contribution in [0.3, 0.4) is 0 Å². The maximum absolute atomic E-state index is 12.6. The molecule has 0 aromatic heterocycles. The first-order valence-electron chi connectivity index (χ1n) is 7.63. The molecule has 1 amide bonds. The second-order valence-electron chi connectivity index (χ2n) is 6.15. The maximum Gasteiger partial charge on any atom is 0.226 e. The van der Waals surface area contributed by atoms with Crippen molar-refractivity contribution in [2.45, 2.75) is 64.3 Å². The minimum Gasteiger partial charge on any atom is -0.395 e. The maximum atomic E-state index is 12.6. The Morgan fingerprint density at radius 3 is 2.28 bits per heavy atom. The van der Waals surface area contributed by atoms with Crippen LogP contribution in [0.4, 0.5) is 0 Å². The summed E-state index contributed by atoms with van der Waals surface area (Å²) in [5, 5.41) is 9.19. The highest BCUT2D eigenvalue weighted by Crippen LogP contribution is 2.32. The van der Waals surface area contributed by atoms with Gasteiger partial charge in [-0.15, -0.1) is 0 Å². The number of rotatable bonds is 4. The molecule has 2 aliphatic carbocycles. The van der Waals surface area contributed by atoms with E-state index in [0.29, 0.717) is 18.5 Å². The van der Waals surface area contributed by atoms with Gasteiger partial charge in [-0.25, -0.2) is 0 Å². The van der Waals surface area contributed by atoms with E-state index in [9.17, 15) is 9.90 Å². The third-order valence-corrected chi connectivity index (χ3v) is 4.75. The largest absolute Gasteiger partial charge is 0.395 e. The zero-order valence-corrected chi connectivity index (χ0v) is 11.6. The first-order valence-corrected chi connectivity index (χ1v) is 7.63. The molecule has 2 saturated carbocycles. The lowest BCUT2D eigenvalue weighted by molar-refractivity contribution is -0.139. The van der Waals surface area contributed by atoms with Gasteiger partial charge in [0.05, 0.1) is 6.61 Å². The van der Waals surface area contributed by atoms with E-state index < -0.39 is 0 Å². The monoisotopic (exact) mass is 253 g/mol. The van der Waals surface area contributed by atoms with E-state index in [0.717, 1.165) is 31.6 Å². The van der Waals surface area contributed by atoms with Crippen LogP contribution in [-0.4, -0.2) is 35.1 Å². The van der Waals surface area contributed by atoms with E-state index in [2.05, 4.69) is 6.92 Å². The lowest BCUT2D eigenvalue weighted by atomic mass is 9.82. The summed E-state index contributed by atoms with van der Waals surface area (Å²) in [6.07, 6.45) is 9.22. The highest BCUT2D eigenvalue weighted by Gasteiger charge is 2.32. The molecule has 1 N–H and O–H groups in total. The highest BCUT2D eigenvalue weighted by molar-refractivity contribution is 5.79. The van der Waals surface area contributed by atoms with Gasteiger partial charge in [0.1, 0.15) is 0 Å². The lowest BCUT2D eigenvalue weighted by Gasteiger charge is -2.34. The predicted molar refractivity (Wildman–Crippen MR) is 72.2 cm³/mol.